The molecule has 1 rings (SSSR count). The van der Waals surface area contributed by atoms with Crippen molar-refractivity contribution in [1.82, 2.24) is 10.6 Å². The number of hydrogen-bond donors (Lipinski definition) is 2. The lowest BCUT2D eigenvalue weighted by Gasteiger charge is -2.21. The Morgan fingerprint density at radius 1 is 1.21 bits per heavy atom. The number of methoxy groups -OCH3 is 1. The van der Waals surface area contributed by atoms with Gasteiger partial charge in [-0.25, -0.2) is 0 Å². The molecule has 1 aromatic carbocycles. The van der Waals surface area contributed by atoms with Crippen LogP contribution < -0.4 is 15.4 Å². The number of ether oxygens (including phenoxy) is 1. The van der Waals surface area contributed by atoms with Gasteiger partial charge in [-0.2, -0.15) is 0 Å². The fraction of sp³-hybridized carbons (Fsp3) is 0.625. The number of aryl methyl sites for hydroxylation is 1. The van der Waals surface area contributed by atoms with Crippen molar-refractivity contribution < 1.29 is 4.74 Å². The van der Waals surface area contributed by atoms with E-state index < -0.39 is 0 Å². The highest BCUT2D eigenvalue weighted by Gasteiger charge is 2.12. The van der Waals surface area contributed by atoms with Crippen LogP contribution in [0.2, 0.25) is 0 Å². The highest BCUT2D eigenvalue weighted by atomic mass is 16.5. The summed E-state index contributed by atoms with van der Waals surface area (Å²) in [7, 11) is 3.74. The Morgan fingerprint density at radius 3 is 2.53 bits per heavy atom. The molecule has 108 valence electrons. The predicted octanol–water partition coefficient (Wildman–Crippen LogP) is 2.58. The van der Waals surface area contributed by atoms with E-state index in [0.29, 0.717) is 11.8 Å². The lowest BCUT2D eigenvalue weighted by Crippen LogP contribution is -2.33. The Kier molecular flexibility index (Phi) is 6.89. The van der Waals surface area contributed by atoms with Crippen molar-refractivity contribution in [2.24, 2.45) is 11.8 Å². The van der Waals surface area contributed by atoms with Gasteiger partial charge in [0.1, 0.15) is 5.75 Å². The van der Waals surface area contributed by atoms with Crippen LogP contribution >= 0.6 is 0 Å². The molecule has 0 aliphatic carbocycles. The van der Waals surface area contributed by atoms with Crippen LogP contribution in [-0.2, 0) is 6.54 Å². The molecule has 1 aromatic rings. The maximum atomic E-state index is 5.40. The van der Waals surface area contributed by atoms with Gasteiger partial charge in [0.25, 0.3) is 0 Å². The second-order valence-corrected chi connectivity index (χ2v) is 5.51. The van der Waals surface area contributed by atoms with E-state index in [4.69, 9.17) is 4.74 Å². The highest BCUT2D eigenvalue weighted by Crippen LogP contribution is 2.19. The second kappa shape index (κ2) is 8.18. The van der Waals surface area contributed by atoms with E-state index in [-0.39, 0.29) is 0 Å². The Balaban J connectivity index is 2.54. The maximum absolute atomic E-state index is 5.40. The van der Waals surface area contributed by atoms with Crippen LogP contribution in [0.3, 0.4) is 0 Å². The lowest BCUT2D eigenvalue weighted by atomic mass is 9.95. The molecular weight excluding hydrogens is 236 g/mol. The minimum absolute atomic E-state index is 0.654. The van der Waals surface area contributed by atoms with Crippen LogP contribution in [0.1, 0.15) is 25.0 Å². The monoisotopic (exact) mass is 264 g/mol. The maximum Gasteiger partial charge on any atom is 0.123 e. The minimum atomic E-state index is 0.654. The van der Waals surface area contributed by atoms with E-state index in [1.54, 1.807) is 7.11 Å². The molecule has 0 spiro atoms. The fourth-order valence-corrected chi connectivity index (χ4v) is 2.24. The van der Waals surface area contributed by atoms with Gasteiger partial charge in [-0.05, 0) is 45.0 Å². The van der Waals surface area contributed by atoms with Crippen molar-refractivity contribution in [1.29, 1.82) is 0 Å². The van der Waals surface area contributed by atoms with Crippen molar-refractivity contribution in [3.8, 4) is 5.75 Å². The smallest absolute Gasteiger partial charge is 0.123 e. The molecule has 0 heterocycles. The number of hydrogen-bond acceptors (Lipinski definition) is 3. The summed E-state index contributed by atoms with van der Waals surface area (Å²) in [4.78, 5) is 0. The molecule has 0 aliphatic rings. The molecule has 0 saturated carbocycles. The SMILES string of the molecule is CNCC(CNCc1cc(C)ccc1OC)C(C)C. The molecule has 0 saturated heterocycles. The zero-order valence-corrected chi connectivity index (χ0v) is 12.9. The molecule has 0 bridgehead atoms. The van der Waals surface area contributed by atoms with Crippen molar-refractivity contribution >= 4 is 0 Å². The van der Waals surface area contributed by atoms with Gasteiger partial charge in [-0.3, -0.25) is 0 Å². The van der Waals surface area contributed by atoms with Crippen molar-refractivity contribution in [3.05, 3.63) is 29.3 Å². The minimum Gasteiger partial charge on any atom is -0.496 e. The summed E-state index contributed by atoms with van der Waals surface area (Å²) in [6, 6.07) is 6.31. The molecule has 19 heavy (non-hydrogen) atoms. The standard InChI is InChI=1S/C16H28N2O/c1-12(2)15(9-17-4)11-18-10-14-8-13(3)6-7-16(14)19-5/h6-8,12,15,17-18H,9-11H2,1-5H3. The summed E-state index contributed by atoms with van der Waals surface area (Å²) in [6.07, 6.45) is 0. The van der Waals surface area contributed by atoms with E-state index >= 15 is 0 Å². The van der Waals surface area contributed by atoms with Crippen molar-refractivity contribution in [2.45, 2.75) is 27.3 Å². The molecule has 3 heteroatoms. The summed E-state index contributed by atoms with van der Waals surface area (Å²) >= 11 is 0. The molecular formula is C16H28N2O. The summed E-state index contributed by atoms with van der Waals surface area (Å²) < 4.78 is 5.40. The van der Waals surface area contributed by atoms with Crippen molar-refractivity contribution in [3.63, 3.8) is 0 Å². The summed E-state index contributed by atoms with van der Waals surface area (Å²) in [5.41, 5.74) is 2.50. The first-order valence-electron chi connectivity index (χ1n) is 7.07. The van der Waals surface area contributed by atoms with Crippen LogP contribution in [-0.4, -0.2) is 27.2 Å². The average molecular weight is 264 g/mol. The van der Waals surface area contributed by atoms with Gasteiger partial charge in [0, 0.05) is 12.1 Å². The summed E-state index contributed by atoms with van der Waals surface area (Å²) in [5, 5.41) is 6.81. The van der Waals surface area contributed by atoms with Crippen molar-refractivity contribution in [2.75, 3.05) is 27.2 Å². The molecule has 3 nitrogen and oxygen atoms in total. The van der Waals surface area contributed by atoms with Crippen LogP contribution in [0.4, 0.5) is 0 Å². The van der Waals surface area contributed by atoms with Gasteiger partial charge in [-0.15, -0.1) is 0 Å². The van der Waals surface area contributed by atoms with Gasteiger partial charge >= 0.3 is 0 Å². The molecule has 0 aromatic heterocycles. The number of rotatable bonds is 8. The first kappa shape index (κ1) is 16.0. The largest absolute Gasteiger partial charge is 0.496 e. The predicted molar refractivity (Wildman–Crippen MR) is 81.7 cm³/mol. The second-order valence-electron chi connectivity index (χ2n) is 5.51. The highest BCUT2D eigenvalue weighted by molar-refractivity contribution is 5.36. The van der Waals surface area contributed by atoms with Crippen LogP contribution in [0, 0.1) is 18.8 Å². The quantitative estimate of drug-likeness (QED) is 0.757. The van der Waals surface area contributed by atoms with E-state index in [9.17, 15) is 0 Å². The number of nitrogens with one attached hydrogen (secondary N) is 2. The Hall–Kier alpha value is -1.06. The van der Waals surface area contributed by atoms with Gasteiger partial charge in [0.2, 0.25) is 0 Å². The zero-order valence-electron chi connectivity index (χ0n) is 12.9. The van der Waals surface area contributed by atoms with E-state index in [1.165, 1.54) is 11.1 Å². The molecule has 0 radical (unpaired) electrons. The lowest BCUT2D eigenvalue weighted by molar-refractivity contribution is 0.350. The first-order valence-corrected chi connectivity index (χ1v) is 7.07. The normalized spacial score (nSPS) is 12.7. The average Bonchev–Trinajstić information content (AvgIpc) is 2.38. The third-order valence-electron chi connectivity index (χ3n) is 3.57. The molecule has 1 unspecified atom stereocenters. The molecule has 0 fully saturated rings. The topological polar surface area (TPSA) is 33.3 Å². The van der Waals surface area contributed by atoms with E-state index in [2.05, 4.69) is 43.5 Å². The van der Waals surface area contributed by atoms with E-state index in [1.807, 2.05) is 13.1 Å². The van der Waals surface area contributed by atoms with Crippen LogP contribution in [0.15, 0.2) is 18.2 Å². The Labute approximate surface area is 117 Å². The first-order chi connectivity index (χ1) is 9.08. The molecule has 2 N–H and O–H groups in total. The van der Waals surface area contributed by atoms with Gasteiger partial charge in [0.15, 0.2) is 0 Å². The number of benzene rings is 1. The fourth-order valence-electron chi connectivity index (χ4n) is 2.24. The van der Waals surface area contributed by atoms with E-state index in [0.717, 1.165) is 25.4 Å². The van der Waals surface area contributed by atoms with Gasteiger partial charge < -0.3 is 15.4 Å². The molecule has 0 aliphatic heterocycles. The molecule has 1 atom stereocenters. The van der Waals surface area contributed by atoms with Gasteiger partial charge in [-0.1, -0.05) is 31.5 Å². The Morgan fingerprint density at radius 2 is 1.95 bits per heavy atom. The van der Waals surface area contributed by atoms with Crippen LogP contribution in [0.25, 0.3) is 0 Å². The Bertz CT molecular complexity index is 377. The summed E-state index contributed by atoms with van der Waals surface area (Å²) in [5.74, 6) is 2.30. The third-order valence-corrected chi connectivity index (χ3v) is 3.57. The third kappa shape index (κ3) is 5.21. The molecule has 0 amide bonds. The summed E-state index contributed by atoms with van der Waals surface area (Å²) in [6.45, 7) is 9.59. The zero-order chi connectivity index (χ0) is 14.3. The van der Waals surface area contributed by atoms with Crippen LogP contribution in [0.5, 0.6) is 5.75 Å². The van der Waals surface area contributed by atoms with Gasteiger partial charge in [0.05, 0.1) is 7.11 Å².